The molecular formula is C58H35N. The highest BCUT2D eigenvalue weighted by Crippen LogP contribution is 2.60. The van der Waals surface area contributed by atoms with Crippen molar-refractivity contribution in [2.24, 2.45) is 0 Å². The number of aromatic nitrogens is 1. The Morgan fingerprint density at radius 2 is 0.695 bits per heavy atom. The van der Waals surface area contributed by atoms with Crippen molar-refractivity contribution in [2.75, 3.05) is 0 Å². The third kappa shape index (κ3) is 4.73. The Labute approximate surface area is 342 Å². The first-order chi connectivity index (χ1) is 29.3. The maximum atomic E-state index is 2.48. The monoisotopic (exact) mass is 745 g/mol. The summed E-state index contributed by atoms with van der Waals surface area (Å²) in [5, 5.41) is 10.1. The van der Waals surface area contributed by atoms with E-state index in [4.69, 9.17) is 0 Å². The van der Waals surface area contributed by atoms with Crippen molar-refractivity contribution in [1.29, 1.82) is 0 Å². The number of benzene rings is 10. The second kappa shape index (κ2) is 12.4. The van der Waals surface area contributed by atoms with E-state index in [1.54, 1.807) is 0 Å². The van der Waals surface area contributed by atoms with Gasteiger partial charge in [0.1, 0.15) is 0 Å². The van der Waals surface area contributed by atoms with Gasteiger partial charge in [0.05, 0.1) is 11.0 Å². The molecule has 0 atom stereocenters. The minimum atomic E-state index is 1.16. The lowest BCUT2D eigenvalue weighted by atomic mass is 9.88. The molecule has 0 spiro atoms. The molecule has 272 valence electrons. The highest BCUT2D eigenvalue weighted by atomic mass is 15.0. The van der Waals surface area contributed by atoms with E-state index in [1.165, 1.54) is 121 Å². The Morgan fingerprint density at radius 3 is 1.32 bits per heavy atom. The van der Waals surface area contributed by atoms with Crippen LogP contribution in [0.3, 0.4) is 0 Å². The summed E-state index contributed by atoms with van der Waals surface area (Å²) < 4.78 is 2.43. The fourth-order valence-electron chi connectivity index (χ4n) is 10.2. The van der Waals surface area contributed by atoms with Crippen molar-refractivity contribution in [3.63, 3.8) is 0 Å². The van der Waals surface area contributed by atoms with E-state index in [0.29, 0.717) is 0 Å². The topological polar surface area (TPSA) is 4.93 Å². The first-order valence-electron chi connectivity index (χ1n) is 20.5. The molecule has 10 aromatic carbocycles. The molecule has 0 unspecified atom stereocenters. The Balaban J connectivity index is 1.17. The molecule has 1 heterocycles. The van der Waals surface area contributed by atoms with Crippen LogP contribution in [-0.2, 0) is 0 Å². The average molecular weight is 746 g/mol. The quantitative estimate of drug-likeness (QED) is 0.169. The van der Waals surface area contributed by atoms with Crippen molar-refractivity contribution in [1.82, 2.24) is 4.57 Å². The van der Waals surface area contributed by atoms with Gasteiger partial charge in [0, 0.05) is 16.5 Å². The first kappa shape index (κ1) is 32.4. The highest BCUT2D eigenvalue weighted by molar-refractivity contribution is 6.37. The molecule has 0 radical (unpaired) electrons. The maximum Gasteiger partial charge on any atom is 0.0541 e. The smallest absolute Gasteiger partial charge is 0.0541 e. The van der Waals surface area contributed by atoms with Crippen LogP contribution in [0.2, 0.25) is 0 Å². The van der Waals surface area contributed by atoms with Gasteiger partial charge in [-0.25, -0.2) is 0 Å². The summed E-state index contributed by atoms with van der Waals surface area (Å²) in [5.74, 6) is 0. The molecule has 1 heteroatoms. The van der Waals surface area contributed by atoms with E-state index >= 15 is 0 Å². The van der Waals surface area contributed by atoms with E-state index in [9.17, 15) is 0 Å². The Kier molecular flexibility index (Phi) is 6.79. The standard InChI is InChI=1S/C58H35N/c1-3-14-36(15-4-1)42-26-28-53-47(30-42)48-35-43(27-29-54(48)59(53)44-22-5-2-6-23-44)55-49-31-38-17-7-9-19-40(38)33-51(49)58-56(46-25-13-21-37-16-11-12-24-45(37)46)50-32-39-18-8-10-20-41(39)34-52(50)57(55)58/h1-35H. The van der Waals surface area contributed by atoms with Gasteiger partial charge < -0.3 is 4.57 Å². The number of hydrogen-bond donors (Lipinski definition) is 0. The number of rotatable bonds is 4. The lowest BCUT2D eigenvalue weighted by molar-refractivity contribution is 1.18. The Hall–Kier alpha value is -7.74. The fraction of sp³-hybridized carbons (Fsp3) is 0. The van der Waals surface area contributed by atoms with Crippen LogP contribution in [0.4, 0.5) is 0 Å². The second-order valence-corrected chi connectivity index (χ2v) is 16.0. The zero-order chi connectivity index (χ0) is 38.6. The van der Waals surface area contributed by atoms with Crippen molar-refractivity contribution < 1.29 is 0 Å². The third-order valence-electron chi connectivity index (χ3n) is 12.8. The number of hydrogen-bond acceptors (Lipinski definition) is 0. The summed E-state index contributed by atoms with van der Waals surface area (Å²) >= 11 is 0. The molecule has 0 N–H and O–H groups in total. The van der Waals surface area contributed by atoms with Crippen LogP contribution < -0.4 is 0 Å². The number of fused-ring (bicyclic) bond motifs is 11. The van der Waals surface area contributed by atoms with Crippen molar-refractivity contribution in [3.8, 4) is 16.8 Å². The largest absolute Gasteiger partial charge is 0.309 e. The van der Waals surface area contributed by atoms with Gasteiger partial charge in [-0.2, -0.15) is 0 Å². The minimum Gasteiger partial charge on any atom is -0.309 e. The molecule has 0 bridgehead atoms. The molecule has 0 saturated carbocycles. The van der Waals surface area contributed by atoms with Gasteiger partial charge in [-0.15, -0.1) is 0 Å². The summed E-state index contributed by atoms with van der Waals surface area (Å²) in [6.45, 7) is 0. The van der Waals surface area contributed by atoms with Crippen LogP contribution in [0.5, 0.6) is 0 Å². The van der Waals surface area contributed by atoms with Gasteiger partial charge >= 0.3 is 0 Å². The summed E-state index contributed by atoms with van der Waals surface area (Å²) in [5.41, 5.74) is 19.0. The summed E-state index contributed by atoms with van der Waals surface area (Å²) in [6.07, 6.45) is 0. The Bertz CT molecular complexity index is 3630. The van der Waals surface area contributed by atoms with Crippen LogP contribution in [0, 0.1) is 0 Å². The zero-order valence-electron chi connectivity index (χ0n) is 32.2. The Morgan fingerprint density at radius 1 is 0.237 bits per heavy atom. The zero-order valence-corrected chi connectivity index (χ0v) is 32.2. The van der Waals surface area contributed by atoms with E-state index in [2.05, 4.69) is 217 Å². The molecule has 0 aliphatic heterocycles. The molecule has 13 rings (SSSR count). The summed E-state index contributed by atoms with van der Waals surface area (Å²) in [4.78, 5) is 0. The average Bonchev–Trinajstić information content (AvgIpc) is 3.92. The van der Waals surface area contributed by atoms with Gasteiger partial charge in [-0.3, -0.25) is 0 Å². The molecule has 2 aliphatic rings. The third-order valence-corrected chi connectivity index (χ3v) is 12.8. The molecular weight excluding hydrogens is 711 g/mol. The van der Waals surface area contributed by atoms with Crippen LogP contribution >= 0.6 is 0 Å². The van der Waals surface area contributed by atoms with Crippen LogP contribution in [0.1, 0.15) is 33.4 Å². The molecule has 0 saturated heterocycles. The van der Waals surface area contributed by atoms with Crippen molar-refractivity contribution >= 4 is 76.4 Å². The van der Waals surface area contributed by atoms with Crippen molar-refractivity contribution in [2.45, 2.75) is 0 Å². The van der Waals surface area contributed by atoms with Gasteiger partial charge in [0.2, 0.25) is 0 Å². The van der Waals surface area contributed by atoms with Crippen molar-refractivity contribution in [3.05, 3.63) is 246 Å². The van der Waals surface area contributed by atoms with E-state index in [-0.39, 0.29) is 0 Å². The van der Waals surface area contributed by atoms with E-state index < -0.39 is 0 Å². The lowest BCUT2D eigenvalue weighted by Crippen LogP contribution is -1.95. The summed E-state index contributed by atoms with van der Waals surface area (Å²) in [7, 11) is 0. The van der Waals surface area contributed by atoms with E-state index in [1.807, 2.05) is 0 Å². The molecule has 0 amide bonds. The lowest BCUT2D eigenvalue weighted by Gasteiger charge is -2.15. The SMILES string of the molecule is c1ccc(-c2ccc3c(c2)c2cc(C4=C5C(=C(c6cccc7ccccc67)c6cc7ccccc7cc65)c5cc6ccccc6cc54)ccc2n3-c2ccccc2)cc1. The normalized spacial score (nSPS) is 13.3. The molecule has 59 heavy (non-hydrogen) atoms. The van der Waals surface area contributed by atoms with Gasteiger partial charge in [-0.1, -0.05) is 152 Å². The molecule has 0 fully saturated rings. The van der Waals surface area contributed by atoms with Crippen LogP contribution in [0.25, 0.3) is 93.2 Å². The summed E-state index contributed by atoms with van der Waals surface area (Å²) in [6, 6.07) is 78.9. The van der Waals surface area contributed by atoms with E-state index in [0.717, 1.165) is 5.69 Å². The number of nitrogens with zero attached hydrogens (tertiary/aromatic N) is 1. The highest BCUT2D eigenvalue weighted by Gasteiger charge is 2.38. The predicted molar refractivity (Wildman–Crippen MR) is 250 cm³/mol. The van der Waals surface area contributed by atoms with Crippen LogP contribution in [0.15, 0.2) is 212 Å². The molecule has 11 aromatic rings. The fourth-order valence-corrected chi connectivity index (χ4v) is 10.2. The maximum absolute atomic E-state index is 2.48. The molecule has 1 nitrogen and oxygen atoms in total. The first-order valence-corrected chi connectivity index (χ1v) is 20.5. The van der Waals surface area contributed by atoms with Gasteiger partial charge in [0.15, 0.2) is 0 Å². The van der Waals surface area contributed by atoms with Gasteiger partial charge in [-0.05, 0) is 160 Å². The predicted octanol–water partition coefficient (Wildman–Crippen LogP) is 15.2. The second-order valence-electron chi connectivity index (χ2n) is 16.0. The number of para-hydroxylation sites is 1. The van der Waals surface area contributed by atoms with Gasteiger partial charge in [0.25, 0.3) is 0 Å². The molecule has 2 aliphatic carbocycles. The number of allylic oxidation sites excluding steroid dienone is 2. The molecule has 1 aromatic heterocycles. The minimum absolute atomic E-state index is 1.16. The van der Waals surface area contributed by atoms with Crippen LogP contribution in [-0.4, -0.2) is 4.57 Å².